The summed E-state index contributed by atoms with van der Waals surface area (Å²) < 4.78 is 0. The van der Waals surface area contributed by atoms with E-state index in [4.69, 9.17) is 0 Å². The molecule has 1 aromatic rings. The minimum atomic E-state index is -0.0749. The van der Waals surface area contributed by atoms with Crippen LogP contribution in [0.5, 0.6) is 0 Å². The van der Waals surface area contributed by atoms with Crippen molar-refractivity contribution in [3.8, 4) is 0 Å². The molecular weight excluding hydrogens is 262 g/mol. The van der Waals surface area contributed by atoms with Crippen LogP contribution in [0, 0.1) is 0 Å². The van der Waals surface area contributed by atoms with E-state index in [1.54, 1.807) is 11.3 Å². The lowest BCUT2D eigenvalue weighted by Crippen LogP contribution is -2.43. The number of nitrogens with zero attached hydrogens (tertiary/aromatic N) is 1. The van der Waals surface area contributed by atoms with Gasteiger partial charge in [-0.25, -0.2) is 0 Å². The normalized spacial score (nSPS) is 14.1. The molecule has 0 fully saturated rings. The van der Waals surface area contributed by atoms with Gasteiger partial charge in [-0.05, 0) is 30.4 Å². The molecule has 6 heteroatoms. The Kier molecular flexibility index (Phi) is 4.93. The number of hydrogen-bond acceptors (Lipinski definition) is 4. The highest BCUT2D eigenvalue weighted by molar-refractivity contribution is 7.10. The van der Waals surface area contributed by atoms with Gasteiger partial charge in [-0.2, -0.15) is 0 Å². The van der Waals surface area contributed by atoms with Crippen LogP contribution in [0.1, 0.15) is 17.4 Å². The zero-order chi connectivity index (χ0) is 13.7. The zero-order valence-corrected chi connectivity index (χ0v) is 11.9. The molecule has 0 unspecified atom stereocenters. The van der Waals surface area contributed by atoms with Gasteiger partial charge in [0.15, 0.2) is 0 Å². The first-order valence-electron chi connectivity index (χ1n) is 6.51. The SMILES string of the molecule is CCNC(=O)CNCC(=O)N1CCc2sccc2C1. The van der Waals surface area contributed by atoms with Gasteiger partial charge < -0.3 is 10.2 Å². The fourth-order valence-corrected chi connectivity index (χ4v) is 3.01. The van der Waals surface area contributed by atoms with Gasteiger partial charge in [-0.3, -0.25) is 14.9 Å². The lowest BCUT2D eigenvalue weighted by molar-refractivity contribution is -0.131. The van der Waals surface area contributed by atoms with E-state index in [0.29, 0.717) is 13.1 Å². The molecule has 5 nitrogen and oxygen atoms in total. The molecule has 1 aliphatic heterocycles. The van der Waals surface area contributed by atoms with Crippen LogP contribution in [0.25, 0.3) is 0 Å². The first kappa shape index (κ1) is 14.0. The van der Waals surface area contributed by atoms with Gasteiger partial charge in [0.2, 0.25) is 11.8 Å². The fourth-order valence-electron chi connectivity index (χ4n) is 2.12. The van der Waals surface area contributed by atoms with Crippen molar-refractivity contribution in [1.29, 1.82) is 0 Å². The number of carbonyl (C=O) groups excluding carboxylic acids is 2. The number of amides is 2. The van der Waals surface area contributed by atoms with Crippen LogP contribution in [0.3, 0.4) is 0 Å². The Balaban J connectivity index is 1.74. The number of rotatable bonds is 5. The highest BCUT2D eigenvalue weighted by Gasteiger charge is 2.20. The Hall–Kier alpha value is -1.40. The van der Waals surface area contributed by atoms with Crippen molar-refractivity contribution in [3.05, 3.63) is 21.9 Å². The standard InChI is InChI=1S/C13H19N3O2S/c1-2-15-12(17)7-14-8-13(18)16-5-3-11-10(9-16)4-6-19-11/h4,6,14H,2-3,5,7-9H2,1H3,(H,15,17). The van der Waals surface area contributed by atoms with E-state index >= 15 is 0 Å². The zero-order valence-electron chi connectivity index (χ0n) is 11.1. The van der Waals surface area contributed by atoms with E-state index in [1.165, 1.54) is 10.4 Å². The molecule has 0 atom stereocenters. The maximum Gasteiger partial charge on any atom is 0.236 e. The number of thiophene rings is 1. The molecular formula is C13H19N3O2S. The second-order valence-electron chi connectivity index (χ2n) is 4.49. The molecule has 0 saturated carbocycles. The average molecular weight is 281 g/mol. The number of fused-ring (bicyclic) bond motifs is 1. The summed E-state index contributed by atoms with van der Waals surface area (Å²) >= 11 is 1.76. The van der Waals surface area contributed by atoms with Crippen molar-refractivity contribution in [2.24, 2.45) is 0 Å². The molecule has 2 heterocycles. The number of carbonyl (C=O) groups is 2. The summed E-state index contributed by atoms with van der Waals surface area (Å²) in [7, 11) is 0. The monoisotopic (exact) mass is 281 g/mol. The molecule has 0 saturated heterocycles. The third-order valence-electron chi connectivity index (χ3n) is 3.10. The van der Waals surface area contributed by atoms with Crippen LogP contribution in [0.4, 0.5) is 0 Å². The quantitative estimate of drug-likeness (QED) is 0.819. The fraction of sp³-hybridized carbons (Fsp3) is 0.538. The molecule has 0 spiro atoms. The van der Waals surface area contributed by atoms with Gasteiger partial charge in [0.05, 0.1) is 13.1 Å². The van der Waals surface area contributed by atoms with Gasteiger partial charge in [-0.15, -0.1) is 11.3 Å². The van der Waals surface area contributed by atoms with E-state index in [2.05, 4.69) is 22.1 Å². The van der Waals surface area contributed by atoms with Gasteiger partial charge in [0.1, 0.15) is 0 Å². The maximum absolute atomic E-state index is 12.0. The minimum Gasteiger partial charge on any atom is -0.355 e. The predicted molar refractivity (Wildman–Crippen MR) is 75.0 cm³/mol. The van der Waals surface area contributed by atoms with Crippen LogP contribution < -0.4 is 10.6 Å². The second kappa shape index (κ2) is 6.68. The van der Waals surface area contributed by atoms with Gasteiger partial charge in [-0.1, -0.05) is 0 Å². The van der Waals surface area contributed by atoms with E-state index in [9.17, 15) is 9.59 Å². The molecule has 19 heavy (non-hydrogen) atoms. The topological polar surface area (TPSA) is 61.4 Å². The Labute approximate surface area is 117 Å². The number of nitrogens with one attached hydrogen (secondary N) is 2. The highest BCUT2D eigenvalue weighted by Crippen LogP contribution is 2.23. The summed E-state index contributed by atoms with van der Waals surface area (Å²) in [5.41, 5.74) is 1.26. The third-order valence-corrected chi connectivity index (χ3v) is 4.12. The second-order valence-corrected chi connectivity index (χ2v) is 5.49. The molecule has 0 radical (unpaired) electrons. The molecule has 2 N–H and O–H groups in total. The summed E-state index contributed by atoms with van der Waals surface area (Å²) in [5, 5.41) is 7.64. The van der Waals surface area contributed by atoms with E-state index < -0.39 is 0 Å². The molecule has 2 rings (SSSR count). The molecule has 1 aliphatic rings. The smallest absolute Gasteiger partial charge is 0.236 e. The molecule has 0 aromatic carbocycles. The van der Waals surface area contributed by atoms with Gasteiger partial charge >= 0.3 is 0 Å². The van der Waals surface area contributed by atoms with Crippen molar-refractivity contribution in [1.82, 2.24) is 15.5 Å². The van der Waals surface area contributed by atoms with Crippen LogP contribution in [0.2, 0.25) is 0 Å². The van der Waals surface area contributed by atoms with Gasteiger partial charge in [0, 0.05) is 24.5 Å². The van der Waals surface area contributed by atoms with Crippen molar-refractivity contribution in [2.75, 3.05) is 26.2 Å². The molecule has 104 valence electrons. The number of hydrogen-bond donors (Lipinski definition) is 2. The van der Waals surface area contributed by atoms with Crippen molar-refractivity contribution in [3.63, 3.8) is 0 Å². The summed E-state index contributed by atoms with van der Waals surface area (Å²) in [5.74, 6) is -0.0183. The van der Waals surface area contributed by atoms with Crippen LogP contribution in [-0.2, 0) is 22.6 Å². The first-order chi connectivity index (χ1) is 9.20. The number of likely N-dealkylation sites (N-methyl/N-ethyl adjacent to an activating group) is 1. The van der Waals surface area contributed by atoms with Crippen LogP contribution in [-0.4, -0.2) is 42.9 Å². The Morgan fingerprint density at radius 1 is 1.42 bits per heavy atom. The largest absolute Gasteiger partial charge is 0.355 e. The molecule has 2 amide bonds. The summed E-state index contributed by atoms with van der Waals surface area (Å²) in [6.45, 7) is 4.36. The Morgan fingerprint density at radius 2 is 2.26 bits per heavy atom. The minimum absolute atomic E-state index is 0.0566. The van der Waals surface area contributed by atoms with Crippen LogP contribution in [0.15, 0.2) is 11.4 Å². The van der Waals surface area contributed by atoms with Crippen molar-refractivity contribution < 1.29 is 9.59 Å². The molecule has 1 aromatic heterocycles. The predicted octanol–water partition coefficient (Wildman–Crippen LogP) is 0.358. The summed E-state index contributed by atoms with van der Waals surface area (Å²) in [4.78, 5) is 26.5. The van der Waals surface area contributed by atoms with Crippen molar-refractivity contribution >= 4 is 23.2 Å². The van der Waals surface area contributed by atoms with E-state index in [-0.39, 0.29) is 24.9 Å². The summed E-state index contributed by atoms with van der Waals surface area (Å²) in [6, 6.07) is 2.08. The van der Waals surface area contributed by atoms with E-state index in [1.807, 2.05) is 11.8 Å². The Bertz CT molecular complexity index is 458. The lowest BCUT2D eigenvalue weighted by Gasteiger charge is -2.27. The van der Waals surface area contributed by atoms with Gasteiger partial charge in [0.25, 0.3) is 0 Å². The Morgan fingerprint density at radius 3 is 3.05 bits per heavy atom. The van der Waals surface area contributed by atoms with E-state index in [0.717, 1.165) is 13.0 Å². The highest BCUT2D eigenvalue weighted by atomic mass is 32.1. The molecule has 0 aliphatic carbocycles. The van der Waals surface area contributed by atoms with Crippen molar-refractivity contribution in [2.45, 2.75) is 19.9 Å². The van der Waals surface area contributed by atoms with Crippen LogP contribution >= 0.6 is 11.3 Å². The first-order valence-corrected chi connectivity index (χ1v) is 7.39. The molecule has 0 bridgehead atoms. The average Bonchev–Trinajstić information content (AvgIpc) is 2.86. The third kappa shape index (κ3) is 3.78. The maximum atomic E-state index is 12.0. The summed E-state index contributed by atoms with van der Waals surface area (Å²) in [6.07, 6.45) is 0.940. The lowest BCUT2D eigenvalue weighted by atomic mass is 10.1.